The zero-order valence-corrected chi connectivity index (χ0v) is 8.91. The molecule has 0 aromatic heterocycles. The number of hydrogen-bond donors (Lipinski definition) is 2. The van der Waals surface area contributed by atoms with E-state index in [1.807, 2.05) is 18.2 Å². The van der Waals surface area contributed by atoms with Gasteiger partial charge in [0.25, 0.3) is 0 Å². The monoisotopic (exact) mass is 252 g/mol. The van der Waals surface area contributed by atoms with E-state index in [0.29, 0.717) is 0 Å². The molecule has 3 N–H and O–H groups in total. The molecule has 0 amide bonds. The van der Waals surface area contributed by atoms with Crippen molar-refractivity contribution in [2.24, 2.45) is 5.84 Å². The summed E-state index contributed by atoms with van der Waals surface area (Å²) in [6, 6.07) is 5.57. The second kappa shape index (κ2) is 5.24. The summed E-state index contributed by atoms with van der Waals surface area (Å²) in [5, 5.41) is 0. The Morgan fingerprint density at radius 3 is 2.67 bits per heavy atom. The first kappa shape index (κ1) is 11.5. The summed E-state index contributed by atoms with van der Waals surface area (Å²) >= 11 is 3.33. The summed E-state index contributed by atoms with van der Waals surface area (Å²) in [4.78, 5) is 0. The maximum absolute atomic E-state index is 5.24. The van der Waals surface area contributed by atoms with E-state index in [2.05, 4.69) is 21.4 Å². The van der Waals surface area contributed by atoms with Crippen molar-refractivity contribution in [3.05, 3.63) is 22.7 Å². The maximum atomic E-state index is 5.24. The lowest BCUT2D eigenvalue weighted by Gasteiger charge is -2.06. The molecule has 0 fully saturated rings. The van der Waals surface area contributed by atoms with Crippen molar-refractivity contribution in [2.75, 3.05) is 12.5 Å². The third kappa shape index (κ3) is 2.27. The molecular formula is C7H10BrClN2O. The Morgan fingerprint density at radius 2 is 2.17 bits per heavy atom. The van der Waals surface area contributed by atoms with Crippen LogP contribution in [0.15, 0.2) is 22.7 Å². The van der Waals surface area contributed by atoms with E-state index in [1.165, 1.54) is 0 Å². The molecule has 0 bridgehead atoms. The van der Waals surface area contributed by atoms with E-state index in [1.54, 1.807) is 7.11 Å². The fourth-order valence-corrected chi connectivity index (χ4v) is 1.32. The smallest absolute Gasteiger partial charge is 0.135 e. The minimum Gasteiger partial charge on any atom is -0.495 e. The number of nitrogens with one attached hydrogen (secondary N) is 1. The fraction of sp³-hybridized carbons (Fsp3) is 0.143. The van der Waals surface area contributed by atoms with Gasteiger partial charge in [-0.05, 0) is 28.1 Å². The molecule has 0 radical (unpaired) electrons. The van der Waals surface area contributed by atoms with Gasteiger partial charge in [-0.2, -0.15) is 0 Å². The van der Waals surface area contributed by atoms with E-state index in [9.17, 15) is 0 Å². The van der Waals surface area contributed by atoms with Crippen LogP contribution >= 0.6 is 28.3 Å². The number of ether oxygens (including phenoxy) is 1. The standard InChI is InChI=1S/C7H9BrN2O.ClH/c1-11-6-4-2-3-5(10-9)7(6)8;/h2-4,10H,9H2,1H3;1H. The summed E-state index contributed by atoms with van der Waals surface area (Å²) in [5.41, 5.74) is 3.35. The summed E-state index contributed by atoms with van der Waals surface area (Å²) < 4.78 is 5.88. The van der Waals surface area contributed by atoms with Gasteiger partial charge in [-0.15, -0.1) is 12.4 Å². The third-order valence-electron chi connectivity index (χ3n) is 1.34. The van der Waals surface area contributed by atoms with Gasteiger partial charge < -0.3 is 10.2 Å². The molecule has 0 aliphatic heterocycles. The van der Waals surface area contributed by atoms with Crippen LogP contribution in [-0.2, 0) is 0 Å². The van der Waals surface area contributed by atoms with E-state index in [0.717, 1.165) is 15.9 Å². The lowest BCUT2D eigenvalue weighted by atomic mass is 10.3. The molecule has 1 aromatic rings. The molecule has 0 spiro atoms. The normalized spacial score (nSPS) is 8.58. The zero-order valence-electron chi connectivity index (χ0n) is 6.50. The molecule has 68 valence electrons. The molecule has 1 rings (SSSR count). The number of hydrazine groups is 1. The van der Waals surface area contributed by atoms with Crippen molar-refractivity contribution in [1.82, 2.24) is 0 Å². The van der Waals surface area contributed by atoms with Gasteiger partial charge in [-0.25, -0.2) is 0 Å². The number of nitrogen functional groups attached to an aromatic ring is 1. The number of benzene rings is 1. The maximum Gasteiger partial charge on any atom is 0.135 e. The van der Waals surface area contributed by atoms with E-state index >= 15 is 0 Å². The van der Waals surface area contributed by atoms with Crippen LogP contribution in [0.25, 0.3) is 0 Å². The minimum absolute atomic E-state index is 0. The van der Waals surface area contributed by atoms with Gasteiger partial charge in [0.05, 0.1) is 17.3 Å². The van der Waals surface area contributed by atoms with Crippen LogP contribution in [0.3, 0.4) is 0 Å². The Balaban J connectivity index is 0.00000121. The van der Waals surface area contributed by atoms with Crippen LogP contribution in [0.4, 0.5) is 5.69 Å². The molecule has 12 heavy (non-hydrogen) atoms. The van der Waals surface area contributed by atoms with Crippen LogP contribution in [0.1, 0.15) is 0 Å². The lowest BCUT2D eigenvalue weighted by molar-refractivity contribution is 0.412. The molecule has 1 aromatic carbocycles. The van der Waals surface area contributed by atoms with Crippen LogP contribution in [0, 0.1) is 0 Å². The summed E-state index contributed by atoms with van der Waals surface area (Å²) in [5.74, 6) is 6.00. The molecule has 0 heterocycles. The topological polar surface area (TPSA) is 47.3 Å². The quantitative estimate of drug-likeness (QED) is 0.627. The Morgan fingerprint density at radius 1 is 1.50 bits per heavy atom. The van der Waals surface area contributed by atoms with E-state index in [-0.39, 0.29) is 12.4 Å². The predicted molar refractivity (Wildman–Crippen MR) is 55.8 cm³/mol. The van der Waals surface area contributed by atoms with Crippen molar-refractivity contribution in [2.45, 2.75) is 0 Å². The number of anilines is 1. The second-order valence-corrected chi connectivity index (χ2v) is 2.76. The Hall–Kier alpha value is -0.450. The Kier molecular flexibility index (Phi) is 5.04. The highest BCUT2D eigenvalue weighted by Gasteiger charge is 2.02. The summed E-state index contributed by atoms with van der Waals surface area (Å²) in [6.07, 6.45) is 0. The third-order valence-corrected chi connectivity index (χ3v) is 2.16. The Labute approximate surface area is 85.8 Å². The SMILES string of the molecule is COc1cccc(NN)c1Br.Cl. The van der Waals surface area contributed by atoms with E-state index < -0.39 is 0 Å². The van der Waals surface area contributed by atoms with Crippen molar-refractivity contribution < 1.29 is 4.74 Å². The number of rotatable bonds is 2. The van der Waals surface area contributed by atoms with Crippen molar-refractivity contribution in [1.29, 1.82) is 0 Å². The second-order valence-electron chi connectivity index (χ2n) is 1.97. The largest absolute Gasteiger partial charge is 0.495 e. The van der Waals surface area contributed by atoms with Crippen LogP contribution in [0.2, 0.25) is 0 Å². The zero-order chi connectivity index (χ0) is 8.27. The van der Waals surface area contributed by atoms with Crippen molar-refractivity contribution >= 4 is 34.0 Å². The molecule has 0 atom stereocenters. The van der Waals surface area contributed by atoms with E-state index in [4.69, 9.17) is 10.6 Å². The summed E-state index contributed by atoms with van der Waals surface area (Å²) in [7, 11) is 1.61. The molecular weight excluding hydrogens is 243 g/mol. The lowest BCUT2D eigenvalue weighted by Crippen LogP contribution is -2.07. The molecule has 0 aliphatic rings. The average molecular weight is 254 g/mol. The van der Waals surface area contributed by atoms with Gasteiger partial charge in [-0.3, -0.25) is 5.84 Å². The summed E-state index contributed by atoms with van der Waals surface area (Å²) in [6.45, 7) is 0. The van der Waals surface area contributed by atoms with Crippen LogP contribution in [-0.4, -0.2) is 7.11 Å². The number of methoxy groups -OCH3 is 1. The van der Waals surface area contributed by atoms with Gasteiger partial charge in [0.2, 0.25) is 0 Å². The highest BCUT2D eigenvalue weighted by molar-refractivity contribution is 9.10. The van der Waals surface area contributed by atoms with Gasteiger partial charge in [0, 0.05) is 0 Å². The first-order chi connectivity index (χ1) is 5.29. The molecule has 0 saturated carbocycles. The van der Waals surface area contributed by atoms with Gasteiger partial charge in [-0.1, -0.05) is 6.07 Å². The number of nitrogens with two attached hydrogens (primary N) is 1. The highest BCUT2D eigenvalue weighted by atomic mass is 79.9. The molecule has 5 heteroatoms. The van der Waals surface area contributed by atoms with Gasteiger partial charge in [0.15, 0.2) is 0 Å². The molecule has 3 nitrogen and oxygen atoms in total. The molecule has 0 aliphatic carbocycles. The highest BCUT2D eigenvalue weighted by Crippen LogP contribution is 2.31. The molecule has 0 saturated heterocycles. The first-order valence-electron chi connectivity index (χ1n) is 3.08. The minimum atomic E-state index is 0. The van der Waals surface area contributed by atoms with Crippen molar-refractivity contribution in [3.63, 3.8) is 0 Å². The Bertz CT molecular complexity index is 235. The fourth-order valence-electron chi connectivity index (χ4n) is 0.780. The van der Waals surface area contributed by atoms with Crippen LogP contribution in [0.5, 0.6) is 5.75 Å². The molecule has 0 unspecified atom stereocenters. The van der Waals surface area contributed by atoms with Crippen molar-refractivity contribution in [3.8, 4) is 5.75 Å². The number of hydrogen-bond acceptors (Lipinski definition) is 3. The first-order valence-corrected chi connectivity index (χ1v) is 3.88. The van der Waals surface area contributed by atoms with Gasteiger partial charge >= 0.3 is 0 Å². The number of halogens is 2. The van der Waals surface area contributed by atoms with Crippen LogP contribution < -0.4 is 16.0 Å². The average Bonchev–Trinajstić information content (AvgIpc) is 2.05. The van der Waals surface area contributed by atoms with Gasteiger partial charge in [0.1, 0.15) is 5.75 Å². The predicted octanol–water partition coefficient (Wildman–Crippen LogP) is 2.17.